The highest BCUT2D eigenvalue weighted by Crippen LogP contribution is 2.25. The standard InChI is InChI=1S/C9H15N5S/c1-14(7-2-3-15-5-7)9-4-8(13-10)11-6-12-9/h4,6-7H,2-3,5,10H2,1H3,(H,11,12,13). The SMILES string of the molecule is CN(c1cc(NN)ncn1)C1CCSC1. The molecule has 6 heteroatoms. The maximum absolute atomic E-state index is 5.31. The van der Waals surface area contributed by atoms with Gasteiger partial charge in [-0.15, -0.1) is 0 Å². The summed E-state index contributed by atoms with van der Waals surface area (Å²) in [5.74, 6) is 9.29. The summed E-state index contributed by atoms with van der Waals surface area (Å²) in [5, 5.41) is 0. The molecule has 2 rings (SSSR count). The molecular formula is C9H15N5S. The van der Waals surface area contributed by atoms with E-state index < -0.39 is 0 Å². The van der Waals surface area contributed by atoms with Crippen molar-refractivity contribution < 1.29 is 0 Å². The quantitative estimate of drug-likeness (QED) is 0.583. The van der Waals surface area contributed by atoms with Gasteiger partial charge in [0.05, 0.1) is 0 Å². The summed E-state index contributed by atoms with van der Waals surface area (Å²) >= 11 is 1.99. The van der Waals surface area contributed by atoms with Gasteiger partial charge in [-0.1, -0.05) is 0 Å². The number of nitrogens with one attached hydrogen (secondary N) is 1. The number of hydrogen-bond donors (Lipinski definition) is 2. The van der Waals surface area contributed by atoms with Crippen LogP contribution in [-0.2, 0) is 0 Å². The molecule has 1 aromatic rings. The molecule has 1 atom stereocenters. The van der Waals surface area contributed by atoms with Crippen molar-refractivity contribution in [3.63, 3.8) is 0 Å². The lowest BCUT2D eigenvalue weighted by Gasteiger charge is -2.24. The summed E-state index contributed by atoms with van der Waals surface area (Å²) < 4.78 is 0. The zero-order valence-corrected chi connectivity index (χ0v) is 9.50. The van der Waals surface area contributed by atoms with Crippen LogP contribution >= 0.6 is 11.8 Å². The number of nitrogen functional groups attached to an aromatic ring is 1. The highest BCUT2D eigenvalue weighted by Gasteiger charge is 2.21. The largest absolute Gasteiger partial charge is 0.356 e. The van der Waals surface area contributed by atoms with Crippen molar-refractivity contribution in [1.82, 2.24) is 9.97 Å². The van der Waals surface area contributed by atoms with Crippen LogP contribution in [0.4, 0.5) is 11.6 Å². The van der Waals surface area contributed by atoms with E-state index in [1.807, 2.05) is 17.8 Å². The minimum Gasteiger partial charge on any atom is -0.356 e. The third kappa shape index (κ3) is 2.32. The van der Waals surface area contributed by atoms with E-state index in [0.29, 0.717) is 11.9 Å². The topological polar surface area (TPSA) is 67.1 Å². The van der Waals surface area contributed by atoms with Gasteiger partial charge in [0.25, 0.3) is 0 Å². The average Bonchev–Trinajstić information content (AvgIpc) is 2.81. The molecule has 0 bridgehead atoms. The van der Waals surface area contributed by atoms with E-state index in [-0.39, 0.29) is 0 Å². The van der Waals surface area contributed by atoms with Crippen LogP contribution in [0.2, 0.25) is 0 Å². The number of aromatic nitrogens is 2. The molecular weight excluding hydrogens is 210 g/mol. The van der Waals surface area contributed by atoms with Gasteiger partial charge in [0.15, 0.2) is 0 Å². The van der Waals surface area contributed by atoms with E-state index in [1.165, 1.54) is 24.3 Å². The summed E-state index contributed by atoms with van der Waals surface area (Å²) in [6, 6.07) is 2.44. The molecule has 1 aliphatic heterocycles. The molecule has 0 aromatic carbocycles. The Morgan fingerprint density at radius 1 is 1.60 bits per heavy atom. The van der Waals surface area contributed by atoms with Crippen molar-refractivity contribution in [2.24, 2.45) is 5.84 Å². The van der Waals surface area contributed by atoms with E-state index in [1.54, 1.807) is 0 Å². The normalized spacial score (nSPS) is 20.3. The number of anilines is 2. The highest BCUT2D eigenvalue weighted by atomic mass is 32.2. The van der Waals surface area contributed by atoms with Crippen molar-refractivity contribution in [2.45, 2.75) is 12.5 Å². The monoisotopic (exact) mass is 225 g/mol. The maximum atomic E-state index is 5.31. The Balaban J connectivity index is 2.13. The Morgan fingerprint density at radius 3 is 3.13 bits per heavy atom. The molecule has 1 saturated heterocycles. The van der Waals surface area contributed by atoms with Gasteiger partial charge in [-0.05, 0) is 12.2 Å². The van der Waals surface area contributed by atoms with E-state index in [9.17, 15) is 0 Å². The van der Waals surface area contributed by atoms with Gasteiger partial charge in [-0.25, -0.2) is 15.8 Å². The van der Waals surface area contributed by atoms with E-state index >= 15 is 0 Å². The molecule has 3 N–H and O–H groups in total. The third-order valence-electron chi connectivity index (χ3n) is 2.62. The van der Waals surface area contributed by atoms with Crippen LogP contribution < -0.4 is 16.2 Å². The zero-order valence-electron chi connectivity index (χ0n) is 8.68. The minimum absolute atomic E-state index is 0.579. The Morgan fingerprint density at radius 2 is 2.47 bits per heavy atom. The van der Waals surface area contributed by atoms with Gasteiger partial charge >= 0.3 is 0 Å². The summed E-state index contributed by atoms with van der Waals surface area (Å²) in [6.07, 6.45) is 2.75. The predicted molar refractivity (Wildman–Crippen MR) is 64.0 cm³/mol. The number of nitrogens with zero attached hydrogens (tertiary/aromatic N) is 3. The summed E-state index contributed by atoms with van der Waals surface area (Å²) in [4.78, 5) is 10.4. The fourth-order valence-corrected chi connectivity index (χ4v) is 2.90. The van der Waals surface area contributed by atoms with Crippen LogP contribution in [-0.4, -0.2) is 34.6 Å². The Labute approximate surface area is 93.4 Å². The molecule has 1 aliphatic rings. The summed E-state index contributed by atoms with van der Waals surface area (Å²) in [5.41, 5.74) is 2.53. The van der Waals surface area contributed by atoms with Gasteiger partial charge in [-0.3, -0.25) is 0 Å². The van der Waals surface area contributed by atoms with Gasteiger partial charge in [0.2, 0.25) is 0 Å². The van der Waals surface area contributed by atoms with Crippen molar-refractivity contribution in [1.29, 1.82) is 0 Å². The van der Waals surface area contributed by atoms with Crippen molar-refractivity contribution in [3.8, 4) is 0 Å². The maximum Gasteiger partial charge on any atom is 0.145 e. The Bertz CT molecular complexity index is 326. The molecule has 82 valence electrons. The molecule has 1 fully saturated rings. The first-order chi connectivity index (χ1) is 7.31. The van der Waals surface area contributed by atoms with Gasteiger partial charge in [0, 0.05) is 24.9 Å². The second-order valence-electron chi connectivity index (χ2n) is 3.53. The van der Waals surface area contributed by atoms with Crippen molar-refractivity contribution in [2.75, 3.05) is 28.9 Å². The molecule has 0 aliphatic carbocycles. The first kappa shape index (κ1) is 10.5. The molecule has 2 heterocycles. The average molecular weight is 225 g/mol. The van der Waals surface area contributed by atoms with Crippen molar-refractivity contribution >= 4 is 23.4 Å². The van der Waals surface area contributed by atoms with Crippen LogP contribution in [0.3, 0.4) is 0 Å². The molecule has 0 amide bonds. The van der Waals surface area contributed by atoms with Gasteiger partial charge in [-0.2, -0.15) is 11.8 Å². The lowest BCUT2D eigenvalue weighted by atomic mass is 10.2. The first-order valence-corrected chi connectivity index (χ1v) is 6.06. The van der Waals surface area contributed by atoms with E-state index in [4.69, 9.17) is 5.84 Å². The number of thioether (sulfide) groups is 1. The molecule has 1 aromatic heterocycles. The molecule has 0 radical (unpaired) electrons. The van der Waals surface area contributed by atoms with E-state index in [2.05, 4.69) is 27.3 Å². The minimum atomic E-state index is 0.579. The van der Waals surface area contributed by atoms with Crippen LogP contribution in [0.25, 0.3) is 0 Å². The summed E-state index contributed by atoms with van der Waals surface area (Å²) in [7, 11) is 2.07. The second-order valence-corrected chi connectivity index (χ2v) is 4.68. The Hall–Kier alpha value is -1.01. The number of hydrazine groups is 1. The molecule has 0 spiro atoms. The van der Waals surface area contributed by atoms with Gasteiger partial charge in [0.1, 0.15) is 18.0 Å². The molecule has 15 heavy (non-hydrogen) atoms. The van der Waals surface area contributed by atoms with Crippen LogP contribution in [0.5, 0.6) is 0 Å². The molecule has 0 saturated carbocycles. The van der Waals surface area contributed by atoms with Gasteiger partial charge < -0.3 is 10.3 Å². The second kappa shape index (κ2) is 4.67. The predicted octanol–water partition coefficient (Wildman–Crippen LogP) is 0.704. The fraction of sp³-hybridized carbons (Fsp3) is 0.556. The van der Waals surface area contributed by atoms with Crippen LogP contribution in [0.1, 0.15) is 6.42 Å². The number of hydrogen-bond acceptors (Lipinski definition) is 6. The van der Waals surface area contributed by atoms with Crippen LogP contribution in [0.15, 0.2) is 12.4 Å². The third-order valence-corrected chi connectivity index (χ3v) is 3.76. The zero-order chi connectivity index (χ0) is 10.7. The smallest absolute Gasteiger partial charge is 0.145 e. The molecule has 1 unspecified atom stereocenters. The first-order valence-electron chi connectivity index (χ1n) is 4.90. The number of rotatable bonds is 3. The highest BCUT2D eigenvalue weighted by molar-refractivity contribution is 7.99. The number of nitrogens with two attached hydrogens (primary N) is 1. The van der Waals surface area contributed by atoms with E-state index in [0.717, 1.165) is 5.82 Å². The molecule has 5 nitrogen and oxygen atoms in total. The fourth-order valence-electron chi connectivity index (χ4n) is 1.63. The van der Waals surface area contributed by atoms with Crippen molar-refractivity contribution in [3.05, 3.63) is 12.4 Å². The Kier molecular flexibility index (Phi) is 3.27. The lowest BCUT2D eigenvalue weighted by Crippen LogP contribution is -2.32. The lowest BCUT2D eigenvalue weighted by molar-refractivity contribution is 0.691. The summed E-state index contributed by atoms with van der Waals surface area (Å²) in [6.45, 7) is 0. The van der Waals surface area contributed by atoms with Crippen LogP contribution in [0, 0.1) is 0 Å².